The number of halogens is 1. The lowest BCUT2D eigenvalue weighted by Gasteiger charge is -2.31. The van der Waals surface area contributed by atoms with E-state index in [4.69, 9.17) is 10.5 Å². The molecule has 18 heavy (non-hydrogen) atoms. The van der Waals surface area contributed by atoms with Crippen LogP contribution in [0.4, 0.5) is 5.69 Å². The Morgan fingerprint density at radius 2 is 2.17 bits per heavy atom. The molecule has 0 unspecified atom stereocenters. The fourth-order valence-electron chi connectivity index (χ4n) is 2.40. The van der Waals surface area contributed by atoms with Gasteiger partial charge in [-0.25, -0.2) is 0 Å². The molecule has 0 radical (unpaired) electrons. The van der Waals surface area contributed by atoms with Gasteiger partial charge in [0.05, 0.1) is 13.2 Å². The van der Waals surface area contributed by atoms with Gasteiger partial charge in [-0.1, -0.05) is 17.7 Å². The quantitative estimate of drug-likeness (QED) is 0.834. The van der Waals surface area contributed by atoms with E-state index in [1.807, 2.05) is 0 Å². The summed E-state index contributed by atoms with van der Waals surface area (Å²) in [7, 11) is 0. The molecular formula is C14H23ClN2O. The van der Waals surface area contributed by atoms with Crippen molar-refractivity contribution in [3.05, 3.63) is 29.3 Å². The fraction of sp³-hybridized carbons (Fsp3) is 0.571. The van der Waals surface area contributed by atoms with E-state index in [9.17, 15) is 0 Å². The van der Waals surface area contributed by atoms with Crippen LogP contribution >= 0.6 is 12.4 Å². The molecule has 0 aliphatic carbocycles. The van der Waals surface area contributed by atoms with Gasteiger partial charge in [0.2, 0.25) is 0 Å². The maximum Gasteiger partial charge on any atom is 0.0642 e. The Labute approximate surface area is 116 Å². The van der Waals surface area contributed by atoms with Crippen LogP contribution < -0.4 is 10.6 Å². The summed E-state index contributed by atoms with van der Waals surface area (Å²) in [5.41, 5.74) is 9.62. The molecule has 1 aliphatic rings. The monoisotopic (exact) mass is 270 g/mol. The summed E-state index contributed by atoms with van der Waals surface area (Å²) < 4.78 is 5.46. The van der Waals surface area contributed by atoms with E-state index in [-0.39, 0.29) is 12.4 Å². The third-order valence-electron chi connectivity index (χ3n) is 3.22. The molecule has 0 aromatic heterocycles. The predicted molar refractivity (Wildman–Crippen MR) is 78.8 cm³/mol. The van der Waals surface area contributed by atoms with Crippen LogP contribution in [0.5, 0.6) is 0 Å². The number of fused-ring (bicyclic) bond motifs is 1. The molecule has 3 nitrogen and oxygen atoms in total. The molecule has 102 valence electrons. The molecular weight excluding hydrogens is 248 g/mol. The standard InChI is InChI=1S/C14H22N2O.ClH/c1-12-4-5-14-13(11-12)3-2-7-16(14)8-10-17-9-6-15;/h4-5,11H,2-3,6-10,15H2,1H3;1H. The van der Waals surface area contributed by atoms with Crippen molar-refractivity contribution in [2.75, 3.05) is 37.7 Å². The summed E-state index contributed by atoms with van der Waals surface area (Å²) >= 11 is 0. The summed E-state index contributed by atoms with van der Waals surface area (Å²) in [6, 6.07) is 6.74. The zero-order valence-electron chi connectivity index (χ0n) is 11.0. The van der Waals surface area contributed by atoms with E-state index in [0.29, 0.717) is 13.2 Å². The van der Waals surface area contributed by atoms with Gasteiger partial charge >= 0.3 is 0 Å². The highest BCUT2D eigenvalue weighted by Gasteiger charge is 2.15. The number of aryl methyl sites for hydroxylation is 2. The number of ether oxygens (including phenoxy) is 1. The Balaban J connectivity index is 0.00000162. The molecule has 1 heterocycles. The first kappa shape index (κ1) is 15.3. The van der Waals surface area contributed by atoms with Crippen molar-refractivity contribution in [3.63, 3.8) is 0 Å². The molecule has 0 spiro atoms. The van der Waals surface area contributed by atoms with Gasteiger partial charge in [0, 0.05) is 25.3 Å². The Kier molecular flexibility index (Phi) is 6.47. The summed E-state index contributed by atoms with van der Waals surface area (Å²) in [4.78, 5) is 2.43. The third kappa shape index (κ3) is 3.87. The zero-order valence-corrected chi connectivity index (χ0v) is 11.8. The molecule has 1 aromatic rings. The van der Waals surface area contributed by atoms with Crippen molar-refractivity contribution < 1.29 is 4.74 Å². The van der Waals surface area contributed by atoms with Gasteiger partial charge in [0.1, 0.15) is 0 Å². The van der Waals surface area contributed by atoms with E-state index in [1.54, 1.807) is 0 Å². The molecule has 2 rings (SSSR count). The van der Waals surface area contributed by atoms with Gasteiger partial charge in [-0.2, -0.15) is 0 Å². The zero-order chi connectivity index (χ0) is 12.1. The van der Waals surface area contributed by atoms with Gasteiger partial charge in [-0.15, -0.1) is 12.4 Å². The summed E-state index contributed by atoms with van der Waals surface area (Å²) in [6.07, 6.45) is 2.45. The Morgan fingerprint density at radius 3 is 2.94 bits per heavy atom. The summed E-state index contributed by atoms with van der Waals surface area (Å²) in [5.74, 6) is 0. The molecule has 0 saturated carbocycles. The minimum atomic E-state index is 0. The van der Waals surface area contributed by atoms with Gasteiger partial charge < -0.3 is 15.4 Å². The van der Waals surface area contributed by atoms with Crippen molar-refractivity contribution >= 4 is 18.1 Å². The van der Waals surface area contributed by atoms with E-state index < -0.39 is 0 Å². The number of hydrogen-bond acceptors (Lipinski definition) is 3. The highest BCUT2D eigenvalue weighted by atomic mass is 35.5. The second-order valence-electron chi connectivity index (χ2n) is 4.62. The van der Waals surface area contributed by atoms with Crippen molar-refractivity contribution in [1.82, 2.24) is 0 Å². The van der Waals surface area contributed by atoms with Crippen LogP contribution in [0.3, 0.4) is 0 Å². The topological polar surface area (TPSA) is 38.5 Å². The second kappa shape index (κ2) is 7.62. The highest BCUT2D eigenvalue weighted by molar-refractivity contribution is 5.85. The van der Waals surface area contributed by atoms with Crippen LogP contribution in [0.15, 0.2) is 18.2 Å². The third-order valence-corrected chi connectivity index (χ3v) is 3.22. The molecule has 2 N–H and O–H groups in total. The molecule has 0 atom stereocenters. The van der Waals surface area contributed by atoms with Crippen LogP contribution in [0.1, 0.15) is 17.5 Å². The SMILES string of the molecule is Cc1ccc2c(c1)CCCN2CCOCCN.Cl. The molecule has 0 bridgehead atoms. The van der Waals surface area contributed by atoms with E-state index in [1.165, 1.54) is 29.7 Å². The lowest BCUT2D eigenvalue weighted by molar-refractivity contribution is 0.147. The normalized spacial score (nSPS) is 14.0. The van der Waals surface area contributed by atoms with E-state index in [2.05, 4.69) is 30.0 Å². The van der Waals surface area contributed by atoms with Crippen LogP contribution in [0, 0.1) is 6.92 Å². The molecule has 0 saturated heterocycles. The first-order valence-corrected chi connectivity index (χ1v) is 6.43. The molecule has 4 heteroatoms. The van der Waals surface area contributed by atoms with Gasteiger partial charge in [-0.3, -0.25) is 0 Å². The maximum atomic E-state index is 5.46. The number of nitrogens with zero attached hydrogens (tertiary/aromatic N) is 1. The highest BCUT2D eigenvalue weighted by Crippen LogP contribution is 2.27. The Morgan fingerprint density at radius 1 is 1.33 bits per heavy atom. The number of anilines is 1. The van der Waals surface area contributed by atoms with E-state index in [0.717, 1.165) is 19.7 Å². The van der Waals surface area contributed by atoms with Crippen molar-refractivity contribution in [3.8, 4) is 0 Å². The summed E-state index contributed by atoms with van der Waals surface area (Å²) in [5, 5.41) is 0. The van der Waals surface area contributed by atoms with E-state index >= 15 is 0 Å². The smallest absolute Gasteiger partial charge is 0.0642 e. The van der Waals surface area contributed by atoms with Gasteiger partial charge in [0.15, 0.2) is 0 Å². The molecule has 0 fully saturated rings. The Bertz CT molecular complexity index is 371. The fourth-order valence-corrected chi connectivity index (χ4v) is 2.40. The average molecular weight is 271 g/mol. The van der Waals surface area contributed by atoms with Crippen LogP contribution in [-0.4, -0.2) is 32.8 Å². The lowest BCUT2D eigenvalue weighted by Crippen LogP contribution is -2.32. The molecule has 1 aromatic carbocycles. The number of benzene rings is 1. The minimum absolute atomic E-state index is 0. The van der Waals surface area contributed by atoms with Crippen LogP contribution in [0.25, 0.3) is 0 Å². The van der Waals surface area contributed by atoms with Gasteiger partial charge in [-0.05, 0) is 31.4 Å². The van der Waals surface area contributed by atoms with Crippen molar-refractivity contribution in [2.45, 2.75) is 19.8 Å². The number of nitrogens with two attached hydrogens (primary N) is 1. The van der Waals surface area contributed by atoms with Crippen molar-refractivity contribution in [2.24, 2.45) is 5.73 Å². The number of rotatable bonds is 5. The first-order chi connectivity index (χ1) is 8.31. The lowest BCUT2D eigenvalue weighted by atomic mass is 10.00. The van der Waals surface area contributed by atoms with Crippen molar-refractivity contribution in [1.29, 1.82) is 0 Å². The second-order valence-corrected chi connectivity index (χ2v) is 4.62. The predicted octanol–water partition coefficient (Wildman–Crippen LogP) is 2.14. The number of hydrogen-bond donors (Lipinski definition) is 1. The Hall–Kier alpha value is -0.770. The summed E-state index contributed by atoms with van der Waals surface area (Å²) in [6.45, 7) is 6.30. The average Bonchev–Trinajstić information content (AvgIpc) is 2.34. The van der Waals surface area contributed by atoms with Gasteiger partial charge in [0.25, 0.3) is 0 Å². The first-order valence-electron chi connectivity index (χ1n) is 6.43. The van der Waals surface area contributed by atoms with Crippen LogP contribution in [-0.2, 0) is 11.2 Å². The maximum absolute atomic E-state index is 5.46. The van der Waals surface area contributed by atoms with Crippen LogP contribution in [0.2, 0.25) is 0 Å². The largest absolute Gasteiger partial charge is 0.378 e. The minimum Gasteiger partial charge on any atom is -0.378 e. The molecule has 0 amide bonds. The molecule has 1 aliphatic heterocycles.